The van der Waals surface area contributed by atoms with Gasteiger partial charge in [-0.3, -0.25) is 0 Å². The molecular weight excluding hydrogens is 288 g/mol. The molecular formula is C17H26ClO3-. The highest BCUT2D eigenvalue weighted by Gasteiger charge is 2.02. The quantitative estimate of drug-likeness (QED) is 0.498. The van der Waals surface area contributed by atoms with Crippen molar-refractivity contribution in [3.63, 3.8) is 0 Å². The maximum absolute atomic E-state index is 10.5. The standard InChI is InChI=1S/C17H27ClO3/c1-13(7-5-9-15(3)12-19)6-4-8-14(2)10-11-16(18)17(20)21/h6,9-10,16,19H,4-5,7-8,11-12H2,1-3H3,(H,20,21)/p-1/b13-6+,14-10+,15-9+. The molecule has 0 spiro atoms. The molecule has 0 aromatic heterocycles. The van der Waals surface area contributed by atoms with Gasteiger partial charge in [-0.1, -0.05) is 34.9 Å². The van der Waals surface area contributed by atoms with Crippen LogP contribution in [-0.2, 0) is 4.79 Å². The highest BCUT2D eigenvalue weighted by Crippen LogP contribution is 2.13. The first-order valence-corrected chi connectivity index (χ1v) is 7.73. The average Bonchev–Trinajstić information content (AvgIpc) is 2.44. The maximum Gasteiger partial charge on any atom is 0.0765 e. The number of carboxylic acid groups (broad SMARTS) is 1. The zero-order valence-corrected chi connectivity index (χ0v) is 13.9. The first-order valence-electron chi connectivity index (χ1n) is 7.29. The smallest absolute Gasteiger partial charge is 0.0765 e. The SMILES string of the molecule is C/C(=C\CC/C(C)=C/CC/C(C)=C/CC(Cl)C(=O)[O-])CO. The minimum atomic E-state index is -1.22. The third-order valence-electron chi connectivity index (χ3n) is 3.24. The summed E-state index contributed by atoms with van der Waals surface area (Å²) < 4.78 is 0. The number of rotatable bonds is 10. The number of carbonyl (C=O) groups excluding carboxylic acids is 1. The molecule has 0 aliphatic carbocycles. The summed E-state index contributed by atoms with van der Waals surface area (Å²) in [5, 5.41) is 18.4. The summed E-state index contributed by atoms with van der Waals surface area (Å²) in [6.07, 6.45) is 10.2. The molecule has 0 amide bonds. The van der Waals surface area contributed by atoms with E-state index in [9.17, 15) is 9.90 Å². The van der Waals surface area contributed by atoms with E-state index in [2.05, 4.69) is 19.1 Å². The number of hydrogen-bond donors (Lipinski definition) is 1. The Morgan fingerprint density at radius 3 is 2.00 bits per heavy atom. The Hall–Kier alpha value is -1.06. The van der Waals surface area contributed by atoms with Gasteiger partial charge in [-0.15, -0.1) is 11.6 Å². The molecule has 1 atom stereocenters. The summed E-state index contributed by atoms with van der Waals surface area (Å²) in [4.78, 5) is 10.5. The second-order valence-electron chi connectivity index (χ2n) is 5.41. The van der Waals surface area contributed by atoms with Crippen molar-refractivity contribution in [3.8, 4) is 0 Å². The van der Waals surface area contributed by atoms with Crippen LogP contribution in [0.4, 0.5) is 0 Å². The molecule has 0 bridgehead atoms. The molecule has 0 heterocycles. The van der Waals surface area contributed by atoms with Crippen molar-refractivity contribution >= 4 is 17.6 Å². The van der Waals surface area contributed by atoms with Gasteiger partial charge in [0.2, 0.25) is 0 Å². The van der Waals surface area contributed by atoms with E-state index in [-0.39, 0.29) is 6.61 Å². The lowest BCUT2D eigenvalue weighted by molar-refractivity contribution is -0.305. The summed E-state index contributed by atoms with van der Waals surface area (Å²) in [5.74, 6) is -1.22. The third-order valence-corrected chi connectivity index (χ3v) is 3.60. The van der Waals surface area contributed by atoms with Crippen LogP contribution in [0.1, 0.15) is 52.9 Å². The first kappa shape index (κ1) is 19.9. The van der Waals surface area contributed by atoms with Gasteiger partial charge < -0.3 is 15.0 Å². The van der Waals surface area contributed by atoms with E-state index in [0.29, 0.717) is 6.42 Å². The summed E-state index contributed by atoms with van der Waals surface area (Å²) in [5.41, 5.74) is 3.47. The number of aliphatic hydroxyl groups excluding tert-OH is 1. The van der Waals surface area contributed by atoms with Gasteiger partial charge in [0.05, 0.1) is 18.0 Å². The second-order valence-corrected chi connectivity index (χ2v) is 5.94. The van der Waals surface area contributed by atoms with E-state index in [4.69, 9.17) is 16.7 Å². The Morgan fingerprint density at radius 2 is 1.52 bits per heavy atom. The van der Waals surface area contributed by atoms with Crippen LogP contribution in [0.25, 0.3) is 0 Å². The molecule has 0 saturated carbocycles. The van der Waals surface area contributed by atoms with Gasteiger partial charge >= 0.3 is 0 Å². The largest absolute Gasteiger partial charge is 0.549 e. The van der Waals surface area contributed by atoms with Gasteiger partial charge in [0.1, 0.15) is 0 Å². The Morgan fingerprint density at radius 1 is 1.05 bits per heavy atom. The van der Waals surface area contributed by atoms with Crippen molar-refractivity contribution in [3.05, 3.63) is 34.9 Å². The second kappa shape index (κ2) is 11.6. The van der Waals surface area contributed by atoms with Gasteiger partial charge in [-0.2, -0.15) is 0 Å². The first-order chi connectivity index (χ1) is 9.86. The third kappa shape index (κ3) is 11.3. The van der Waals surface area contributed by atoms with E-state index in [1.54, 1.807) is 0 Å². The average molecular weight is 314 g/mol. The van der Waals surface area contributed by atoms with Crippen LogP contribution < -0.4 is 5.11 Å². The predicted molar refractivity (Wildman–Crippen MR) is 86.1 cm³/mol. The monoisotopic (exact) mass is 313 g/mol. The molecule has 0 fully saturated rings. The molecule has 21 heavy (non-hydrogen) atoms. The Balaban J connectivity index is 4.02. The fourth-order valence-corrected chi connectivity index (χ4v) is 1.85. The van der Waals surface area contributed by atoms with Crippen molar-refractivity contribution in [2.24, 2.45) is 0 Å². The number of carboxylic acids is 1. The van der Waals surface area contributed by atoms with Crippen LogP contribution in [0.2, 0.25) is 0 Å². The molecule has 0 aliphatic heterocycles. The molecule has 4 heteroatoms. The Bertz CT molecular complexity index is 408. The van der Waals surface area contributed by atoms with Crippen LogP contribution in [0.3, 0.4) is 0 Å². The molecule has 0 aromatic rings. The molecule has 0 saturated heterocycles. The minimum Gasteiger partial charge on any atom is -0.549 e. The molecule has 3 nitrogen and oxygen atoms in total. The Labute approximate surface area is 133 Å². The topological polar surface area (TPSA) is 60.4 Å². The zero-order chi connectivity index (χ0) is 16.3. The number of aliphatic hydroxyl groups is 1. The maximum atomic E-state index is 10.5. The normalized spacial score (nSPS) is 15.2. The predicted octanol–water partition coefficient (Wildman–Crippen LogP) is 3.13. The molecule has 0 radical (unpaired) electrons. The number of hydrogen-bond acceptors (Lipinski definition) is 3. The van der Waals surface area contributed by atoms with Crippen LogP contribution in [0, 0.1) is 0 Å². The summed E-state index contributed by atoms with van der Waals surface area (Å²) in [6.45, 7) is 6.13. The van der Waals surface area contributed by atoms with Crippen LogP contribution in [0.5, 0.6) is 0 Å². The van der Waals surface area contributed by atoms with E-state index >= 15 is 0 Å². The summed E-state index contributed by atoms with van der Waals surface area (Å²) in [7, 11) is 0. The molecule has 1 N–H and O–H groups in total. The number of alkyl halides is 1. The van der Waals surface area contributed by atoms with E-state index in [1.165, 1.54) is 5.57 Å². The number of carbonyl (C=O) groups is 1. The summed E-state index contributed by atoms with van der Waals surface area (Å²) in [6, 6.07) is 0. The Kier molecular flexibility index (Phi) is 11.0. The van der Waals surface area contributed by atoms with E-state index in [0.717, 1.165) is 36.8 Å². The van der Waals surface area contributed by atoms with E-state index < -0.39 is 11.3 Å². The number of allylic oxidation sites excluding steroid dienone is 5. The van der Waals surface area contributed by atoms with Crippen molar-refractivity contribution in [2.75, 3.05) is 6.61 Å². The van der Waals surface area contributed by atoms with Gasteiger partial charge in [-0.05, 0) is 52.9 Å². The lowest BCUT2D eigenvalue weighted by atomic mass is 10.1. The fourth-order valence-electron chi connectivity index (χ4n) is 1.76. The highest BCUT2D eigenvalue weighted by molar-refractivity contribution is 6.29. The molecule has 1 unspecified atom stereocenters. The minimum absolute atomic E-state index is 0.125. The van der Waals surface area contributed by atoms with Crippen molar-refractivity contribution in [1.82, 2.24) is 0 Å². The van der Waals surface area contributed by atoms with Gasteiger partial charge in [0.25, 0.3) is 0 Å². The number of aliphatic carboxylic acids is 1. The van der Waals surface area contributed by atoms with Gasteiger partial charge in [0.15, 0.2) is 0 Å². The van der Waals surface area contributed by atoms with Crippen LogP contribution in [-0.4, -0.2) is 23.1 Å². The zero-order valence-electron chi connectivity index (χ0n) is 13.2. The number of halogens is 1. The van der Waals surface area contributed by atoms with Crippen molar-refractivity contribution in [1.29, 1.82) is 0 Å². The molecule has 120 valence electrons. The van der Waals surface area contributed by atoms with Crippen molar-refractivity contribution in [2.45, 2.75) is 58.3 Å². The van der Waals surface area contributed by atoms with Gasteiger partial charge in [-0.25, -0.2) is 0 Å². The summed E-state index contributed by atoms with van der Waals surface area (Å²) >= 11 is 5.60. The van der Waals surface area contributed by atoms with Crippen LogP contribution >= 0.6 is 11.6 Å². The molecule has 0 aromatic carbocycles. The van der Waals surface area contributed by atoms with Crippen molar-refractivity contribution < 1.29 is 15.0 Å². The fraction of sp³-hybridized carbons (Fsp3) is 0.588. The molecule has 0 rings (SSSR count). The lowest BCUT2D eigenvalue weighted by Gasteiger charge is -2.07. The van der Waals surface area contributed by atoms with Gasteiger partial charge in [0, 0.05) is 0 Å². The molecule has 0 aliphatic rings. The van der Waals surface area contributed by atoms with Crippen LogP contribution in [0.15, 0.2) is 34.9 Å². The highest BCUT2D eigenvalue weighted by atomic mass is 35.5. The van der Waals surface area contributed by atoms with E-state index in [1.807, 2.05) is 19.9 Å². The lowest BCUT2D eigenvalue weighted by Crippen LogP contribution is -2.31.